The maximum atomic E-state index is 9.39. The lowest BCUT2D eigenvalue weighted by molar-refractivity contribution is 0.476. The number of hydrogen-bond donors (Lipinski definition) is 1. The summed E-state index contributed by atoms with van der Waals surface area (Å²) in [6.45, 7) is 2.24. The standard InChI is InChI=1S/C14H18OS/c1-2-3-4-5-6-11-10-16-14-9-12(15)7-8-13(11)14/h7-10,15H,2-6H2,1H3. The second-order valence-corrected chi connectivity index (χ2v) is 5.16. The molecule has 0 saturated carbocycles. The highest BCUT2D eigenvalue weighted by atomic mass is 32.1. The summed E-state index contributed by atoms with van der Waals surface area (Å²) in [5.74, 6) is 0.367. The van der Waals surface area contributed by atoms with Gasteiger partial charge in [-0.05, 0) is 47.4 Å². The van der Waals surface area contributed by atoms with Gasteiger partial charge in [0.05, 0.1) is 0 Å². The zero-order chi connectivity index (χ0) is 11.4. The first-order valence-electron chi connectivity index (χ1n) is 6.00. The zero-order valence-electron chi connectivity index (χ0n) is 9.70. The van der Waals surface area contributed by atoms with E-state index in [9.17, 15) is 5.11 Å². The SMILES string of the molecule is CCCCCCc1csc2cc(O)ccc12. The molecule has 0 aliphatic rings. The van der Waals surface area contributed by atoms with Crippen molar-refractivity contribution < 1.29 is 5.11 Å². The topological polar surface area (TPSA) is 20.2 Å². The summed E-state index contributed by atoms with van der Waals surface area (Å²) in [7, 11) is 0. The molecule has 2 aromatic rings. The second-order valence-electron chi connectivity index (χ2n) is 4.25. The molecule has 0 bridgehead atoms. The van der Waals surface area contributed by atoms with Crippen LogP contribution in [0.15, 0.2) is 23.6 Å². The van der Waals surface area contributed by atoms with Crippen LogP contribution < -0.4 is 0 Å². The van der Waals surface area contributed by atoms with Crippen LogP contribution in [0.2, 0.25) is 0 Å². The van der Waals surface area contributed by atoms with E-state index in [2.05, 4.69) is 12.3 Å². The molecule has 0 atom stereocenters. The number of unbranched alkanes of at least 4 members (excludes halogenated alkanes) is 3. The van der Waals surface area contributed by atoms with Crippen LogP contribution in [-0.2, 0) is 6.42 Å². The number of aryl methyl sites for hydroxylation is 1. The van der Waals surface area contributed by atoms with Gasteiger partial charge < -0.3 is 5.11 Å². The van der Waals surface area contributed by atoms with E-state index >= 15 is 0 Å². The van der Waals surface area contributed by atoms with Crippen LogP contribution in [0.25, 0.3) is 10.1 Å². The number of fused-ring (bicyclic) bond motifs is 1. The molecule has 0 fully saturated rings. The van der Waals surface area contributed by atoms with E-state index < -0.39 is 0 Å². The van der Waals surface area contributed by atoms with Crippen molar-refractivity contribution in [3.8, 4) is 5.75 Å². The van der Waals surface area contributed by atoms with E-state index in [4.69, 9.17) is 0 Å². The fraction of sp³-hybridized carbons (Fsp3) is 0.429. The Bertz CT molecular complexity index is 459. The number of rotatable bonds is 5. The Labute approximate surface area is 101 Å². The van der Waals surface area contributed by atoms with Crippen molar-refractivity contribution in [1.29, 1.82) is 0 Å². The van der Waals surface area contributed by atoms with Crippen molar-refractivity contribution in [3.05, 3.63) is 29.1 Å². The van der Waals surface area contributed by atoms with Crippen LogP contribution in [0.4, 0.5) is 0 Å². The van der Waals surface area contributed by atoms with Crippen LogP contribution in [-0.4, -0.2) is 5.11 Å². The van der Waals surface area contributed by atoms with Crippen LogP contribution in [0, 0.1) is 0 Å². The summed E-state index contributed by atoms with van der Waals surface area (Å²) in [6.07, 6.45) is 6.40. The third-order valence-corrected chi connectivity index (χ3v) is 3.93. The Morgan fingerprint density at radius 1 is 1.19 bits per heavy atom. The minimum Gasteiger partial charge on any atom is -0.508 e. The lowest BCUT2D eigenvalue weighted by atomic mass is 10.1. The van der Waals surface area contributed by atoms with Gasteiger partial charge in [-0.2, -0.15) is 0 Å². The molecule has 2 rings (SSSR count). The van der Waals surface area contributed by atoms with Gasteiger partial charge in [0.15, 0.2) is 0 Å². The molecule has 16 heavy (non-hydrogen) atoms. The minimum absolute atomic E-state index is 0.367. The lowest BCUT2D eigenvalue weighted by Crippen LogP contribution is -1.83. The third kappa shape index (κ3) is 2.56. The number of aromatic hydroxyl groups is 1. The molecule has 1 nitrogen and oxygen atoms in total. The second kappa shape index (κ2) is 5.35. The van der Waals surface area contributed by atoms with Gasteiger partial charge in [0.25, 0.3) is 0 Å². The molecule has 1 N–H and O–H groups in total. The Hall–Kier alpha value is -1.02. The normalized spacial score (nSPS) is 11.1. The Morgan fingerprint density at radius 3 is 2.88 bits per heavy atom. The Kier molecular flexibility index (Phi) is 3.83. The van der Waals surface area contributed by atoms with Gasteiger partial charge in [-0.3, -0.25) is 0 Å². The van der Waals surface area contributed by atoms with Crippen LogP contribution in [0.1, 0.15) is 38.2 Å². The van der Waals surface area contributed by atoms with Crippen molar-refractivity contribution in [2.45, 2.75) is 39.0 Å². The molecule has 0 unspecified atom stereocenters. The molecule has 2 heteroatoms. The Balaban J connectivity index is 2.07. The molecule has 1 aromatic heterocycles. The number of benzene rings is 1. The molecule has 0 radical (unpaired) electrons. The maximum absolute atomic E-state index is 9.39. The quantitative estimate of drug-likeness (QED) is 0.741. The highest BCUT2D eigenvalue weighted by Crippen LogP contribution is 2.30. The molecule has 0 saturated heterocycles. The van der Waals surface area contributed by atoms with Crippen LogP contribution in [0.5, 0.6) is 5.75 Å². The molecule has 0 aliphatic heterocycles. The number of thiophene rings is 1. The van der Waals surface area contributed by atoms with E-state index in [1.165, 1.54) is 47.8 Å². The highest BCUT2D eigenvalue weighted by Gasteiger charge is 2.04. The first-order valence-corrected chi connectivity index (χ1v) is 6.88. The number of hydrogen-bond acceptors (Lipinski definition) is 2. The summed E-state index contributed by atoms with van der Waals surface area (Å²) in [5.41, 5.74) is 1.44. The van der Waals surface area contributed by atoms with Crippen molar-refractivity contribution in [2.24, 2.45) is 0 Å². The first-order chi connectivity index (χ1) is 7.81. The van der Waals surface area contributed by atoms with Crippen molar-refractivity contribution in [1.82, 2.24) is 0 Å². The van der Waals surface area contributed by atoms with Gasteiger partial charge >= 0.3 is 0 Å². The molecular weight excluding hydrogens is 216 g/mol. The summed E-state index contributed by atoms with van der Waals surface area (Å²) in [5, 5.41) is 12.9. The van der Waals surface area contributed by atoms with Gasteiger partial charge in [-0.25, -0.2) is 0 Å². The Morgan fingerprint density at radius 2 is 2.06 bits per heavy atom. The molecular formula is C14H18OS. The van der Waals surface area contributed by atoms with E-state index in [1.54, 1.807) is 17.4 Å². The van der Waals surface area contributed by atoms with E-state index in [0.717, 1.165) is 0 Å². The molecule has 1 heterocycles. The smallest absolute Gasteiger partial charge is 0.117 e. The monoisotopic (exact) mass is 234 g/mol. The molecule has 0 aliphatic carbocycles. The lowest BCUT2D eigenvalue weighted by Gasteiger charge is -1.99. The summed E-state index contributed by atoms with van der Waals surface area (Å²) in [4.78, 5) is 0. The number of phenolic OH excluding ortho intramolecular Hbond substituents is 1. The van der Waals surface area contributed by atoms with Gasteiger partial charge in [0.1, 0.15) is 5.75 Å². The van der Waals surface area contributed by atoms with Crippen molar-refractivity contribution >= 4 is 21.4 Å². The van der Waals surface area contributed by atoms with Gasteiger partial charge in [-0.1, -0.05) is 26.2 Å². The average Bonchev–Trinajstić information content (AvgIpc) is 2.67. The maximum Gasteiger partial charge on any atom is 0.117 e. The van der Waals surface area contributed by atoms with Gasteiger partial charge in [0, 0.05) is 4.70 Å². The fourth-order valence-electron chi connectivity index (χ4n) is 2.01. The summed E-state index contributed by atoms with van der Waals surface area (Å²) in [6, 6.07) is 5.68. The molecule has 86 valence electrons. The van der Waals surface area contributed by atoms with Gasteiger partial charge in [-0.15, -0.1) is 11.3 Å². The first kappa shape index (κ1) is 11.5. The molecule has 1 aromatic carbocycles. The predicted octanol–water partition coefficient (Wildman–Crippen LogP) is 4.73. The largest absolute Gasteiger partial charge is 0.508 e. The van der Waals surface area contributed by atoms with E-state index in [1.807, 2.05) is 12.1 Å². The molecule has 0 spiro atoms. The van der Waals surface area contributed by atoms with E-state index in [0.29, 0.717) is 5.75 Å². The van der Waals surface area contributed by atoms with Crippen molar-refractivity contribution in [3.63, 3.8) is 0 Å². The number of phenols is 1. The van der Waals surface area contributed by atoms with E-state index in [-0.39, 0.29) is 0 Å². The van der Waals surface area contributed by atoms with Crippen molar-refractivity contribution in [2.75, 3.05) is 0 Å². The van der Waals surface area contributed by atoms with Crippen LogP contribution >= 0.6 is 11.3 Å². The van der Waals surface area contributed by atoms with Crippen LogP contribution in [0.3, 0.4) is 0 Å². The zero-order valence-corrected chi connectivity index (χ0v) is 10.5. The fourth-order valence-corrected chi connectivity index (χ4v) is 3.04. The average molecular weight is 234 g/mol. The summed E-state index contributed by atoms with van der Waals surface area (Å²) >= 11 is 1.73. The molecule has 0 amide bonds. The van der Waals surface area contributed by atoms with Gasteiger partial charge in [0.2, 0.25) is 0 Å². The highest BCUT2D eigenvalue weighted by molar-refractivity contribution is 7.17. The third-order valence-electron chi connectivity index (χ3n) is 2.94. The minimum atomic E-state index is 0.367. The summed E-state index contributed by atoms with van der Waals surface area (Å²) < 4.78 is 1.20. The predicted molar refractivity (Wildman–Crippen MR) is 71.3 cm³/mol.